The van der Waals surface area contributed by atoms with E-state index in [1.807, 2.05) is 0 Å². The summed E-state index contributed by atoms with van der Waals surface area (Å²) in [5.41, 5.74) is 0. The third kappa shape index (κ3) is 4.69. The molecule has 0 saturated carbocycles. The minimum absolute atomic E-state index is 0.0859. The largest absolute Gasteiger partial charge is 0.460 e. The summed E-state index contributed by atoms with van der Waals surface area (Å²) in [5.74, 6) is 0.515. The van der Waals surface area contributed by atoms with Crippen molar-refractivity contribution in [2.75, 3.05) is 19.8 Å². The fourth-order valence-electron chi connectivity index (χ4n) is 1.90. The summed E-state index contributed by atoms with van der Waals surface area (Å²) in [7, 11) is 0. The smallest absolute Gasteiger partial charge is 0.374 e. The van der Waals surface area contributed by atoms with Crippen LogP contribution >= 0.6 is 0 Å². The molecule has 2 rings (SSSR count). The zero-order valence-corrected chi connectivity index (χ0v) is 11.2. The number of esters is 1. The van der Waals surface area contributed by atoms with E-state index in [1.165, 1.54) is 0 Å². The monoisotopic (exact) mass is 268 g/mol. The van der Waals surface area contributed by atoms with Crippen LogP contribution in [0.25, 0.3) is 0 Å². The molecule has 2 heterocycles. The Morgan fingerprint density at radius 3 is 2.95 bits per heavy atom. The molecule has 1 saturated heterocycles. The molecule has 1 aliphatic heterocycles. The number of aryl methyl sites for hydroxylation is 1. The predicted molar refractivity (Wildman–Crippen MR) is 67.9 cm³/mol. The van der Waals surface area contributed by atoms with Crippen LogP contribution in [0.3, 0.4) is 0 Å². The number of ether oxygens (including phenoxy) is 3. The lowest BCUT2D eigenvalue weighted by Gasteiger charge is -2.22. The Balaban J connectivity index is 1.55. The first-order valence-corrected chi connectivity index (χ1v) is 6.72. The van der Waals surface area contributed by atoms with Crippen LogP contribution in [0.4, 0.5) is 0 Å². The van der Waals surface area contributed by atoms with E-state index in [0.717, 1.165) is 25.9 Å². The van der Waals surface area contributed by atoms with E-state index in [9.17, 15) is 4.79 Å². The van der Waals surface area contributed by atoms with Gasteiger partial charge in [0.15, 0.2) is 6.29 Å². The summed E-state index contributed by atoms with van der Waals surface area (Å²) in [5, 5.41) is 0. The van der Waals surface area contributed by atoms with Gasteiger partial charge in [0.05, 0.1) is 13.2 Å². The van der Waals surface area contributed by atoms with Crippen LogP contribution < -0.4 is 0 Å². The highest BCUT2D eigenvalue weighted by Gasteiger charge is 2.14. The Morgan fingerprint density at radius 1 is 1.37 bits per heavy atom. The standard InChI is InChI=1S/C14H20O5/c1-11-6-7-12(19-11)14(15)18-10-4-9-17-13-5-2-3-8-16-13/h6-7,13H,2-5,8-10H2,1H3. The quantitative estimate of drug-likeness (QED) is 0.586. The van der Waals surface area contributed by atoms with Crippen molar-refractivity contribution in [3.63, 3.8) is 0 Å². The normalized spacial score (nSPS) is 19.3. The molecule has 0 N–H and O–H groups in total. The maximum absolute atomic E-state index is 11.5. The average molecular weight is 268 g/mol. The number of furan rings is 1. The van der Waals surface area contributed by atoms with E-state index < -0.39 is 5.97 Å². The fourth-order valence-corrected chi connectivity index (χ4v) is 1.90. The van der Waals surface area contributed by atoms with E-state index in [0.29, 0.717) is 25.4 Å². The van der Waals surface area contributed by atoms with Gasteiger partial charge in [-0.15, -0.1) is 0 Å². The van der Waals surface area contributed by atoms with Gasteiger partial charge in [0.1, 0.15) is 5.76 Å². The maximum Gasteiger partial charge on any atom is 0.374 e. The van der Waals surface area contributed by atoms with Gasteiger partial charge >= 0.3 is 5.97 Å². The molecule has 5 nitrogen and oxygen atoms in total. The average Bonchev–Trinajstić information content (AvgIpc) is 2.86. The summed E-state index contributed by atoms with van der Waals surface area (Å²) in [6.45, 7) is 3.42. The van der Waals surface area contributed by atoms with Crippen LogP contribution in [0.5, 0.6) is 0 Å². The van der Waals surface area contributed by atoms with Crippen molar-refractivity contribution >= 4 is 5.97 Å². The first-order chi connectivity index (χ1) is 9.25. The topological polar surface area (TPSA) is 57.9 Å². The molecule has 106 valence electrons. The van der Waals surface area contributed by atoms with E-state index in [-0.39, 0.29) is 12.1 Å². The lowest BCUT2D eigenvalue weighted by Crippen LogP contribution is -2.23. The third-order valence-corrected chi connectivity index (χ3v) is 2.91. The van der Waals surface area contributed by atoms with E-state index in [1.54, 1.807) is 19.1 Å². The molecule has 1 atom stereocenters. The Morgan fingerprint density at radius 2 is 2.26 bits per heavy atom. The molecule has 1 unspecified atom stereocenters. The summed E-state index contributed by atoms with van der Waals surface area (Å²) in [6, 6.07) is 3.35. The first kappa shape index (κ1) is 14.1. The molecular formula is C14H20O5. The van der Waals surface area contributed by atoms with Gasteiger partial charge in [-0.05, 0) is 38.3 Å². The van der Waals surface area contributed by atoms with Crippen LogP contribution in [0.15, 0.2) is 16.5 Å². The summed E-state index contributed by atoms with van der Waals surface area (Å²) < 4.78 is 21.2. The van der Waals surface area contributed by atoms with Crippen molar-refractivity contribution in [3.8, 4) is 0 Å². The van der Waals surface area contributed by atoms with Crippen molar-refractivity contribution < 1.29 is 23.4 Å². The van der Waals surface area contributed by atoms with Gasteiger partial charge in [0, 0.05) is 13.0 Å². The summed E-state index contributed by atoms with van der Waals surface area (Å²) in [4.78, 5) is 11.5. The zero-order chi connectivity index (χ0) is 13.5. The zero-order valence-electron chi connectivity index (χ0n) is 11.2. The molecule has 1 aliphatic rings. The SMILES string of the molecule is Cc1ccc(C(=O)OCCCOC2CCCCO2)o1. The molecule has 0 radical (unpaired) electrons. The van der Waals surface area contributed by atoms with Crippen molar-refractivity contribution in [3.05, 3.63) is 23.7 Å². The van der Waals surface area contributed by atoms with E-state index in [4.69, 9.17) is 18.6 Å². The predicted octanol–water partition coefficient (Wildman–Crippen LogP) is 2.68. The van der Waals surface area contributed by atoms with Crippen molar-refractivity contribution in [1.82, 2.24) is 0 Å². The van der Waals surface area contributed by atoms with Crippen LogP contribution in [0.2, 0.25) is 0 Å². The first-order valence-electron chi connectivity index (χ1n) is 6.72. The molecule has 0 amide bonds. The van der Waals surface area contributed by atoms with Crippen LogP contribution in [0.1, 0.15) is 42.0 Å². The van der Waals surface area contributed by atoms with Crippen LogP contribution in [-0.2, 0) is 14.2 Å². The molecule has 1 aromatic rings. The van der Waals surface area contributed by atoms with Crippen LogP contribution in [-0.4, -0.2) is 32.1 Å². The molecule has 0 spiro atoms. The van der Waals surface area contributed by atoms with Gasteiger partial charge in [0.25, 0.3) is 0 Å². The molecule has 0 aromatic carbocycles. The van der Waals surface area contributed by atoms with Gasteiger partial charge in [0.2, 0.25) is 5.76 Å². The Kier molecular flexibility index (Phi) is 5.42. The molecule has 0 aliphatic carbocycles. The van der Waals surface area contributed by atoms with Gasteiger partial charge in [-0.2, -0.15) is 0 Å². The number of hydrogen-bond donors (Lipinski definition) is 0. The van der Waals surface area contributed by atoms with E-state index >= 15 is 0 Å². The molecule has 0 bridgehead atoms. The second kappa shape index (κ2) is 7.31. The molecule has 19 heavy (non-hydrogen) atoms. The van der Waals surface area contributed by atoms with Crippen molar-refractivity contribution in [1.29, 1.82) is 0 Å². The van der Waals surface area contributed by atoms with Gasteiger partial charge in [-0.1, -0.05) is 0 Å². The highest BCUT2D eigenvalue weighted by Crippen LogP contribution is 2.13. The number of carbonyl (C=O) groups is 1. The second-order valence-corrected chi connectivity index (χ2v) is 4.57. The summed E-state index contributed by atoms with van der Waals surface area (Å²) >= 11 is 0. The third-order valence-electron chi connectivity index (χ3n) is 2.91. The van der Waals surface area contributed by atoms with Crippen molar-refractivity contribution in [2.45, 2.75) is 38.9 Å². The Hall–Kier alpha value is -1.33. The lowest BCUT2D eigenvalue weighted by atomic mass is 10.2. The van der Waals surface area contributed by atoms with Crippen LogP contribution in [0, 0.1) is 6.92 Å². The van der Waals surface area contributed by atoms with Gasteiger partial charge < -0.3 is 18.6 Å². The number of rotatable bonds is 6. The lowest BCUT2D eigenvalue weighted by molar-refractivity contribution is -0.163. The molecule has 1 fully saturated rings. The highest BCUT2D eigenvalue weighted by molar-refractivity contribution is 5.86. The Bertz CT molecular complexity index is 392. The maximum atomic E-state index is 11.5. The van der Waals surface area contributed by atoms with Crippen molar-refractivity contribution in [2.24, 2.45) is 0 Å². The Labute approximate surface area is 112 Å². The molecular weight excluding hydrogens is 248 g/mol. The number of hydrogen-bond acceptors (Lipinski definition) is 5. The molecule has 1 aromatic heterocycles. The molecule has 5 heteroatoms. The minimum Gasteiger partial charge on any atom is -0.460 e. The fraction of sp³-hybridized carbons (Fsp3) is 0.643. The second-order valence-electron chi connectivity index (χ2n) is 4.57. The van der Waals surface area contributed by atoms with E-state index in [2.05, 4.69) is 0 Å². The van der Waals surface area contributed by atoms with Gasteiger partial charge in [-0.25, -0.2) is 4.79 Å². The number of carbonyl (C=O) groups excluding carboxylic acids is 1. The van der Waals surface area contributed by atoms with Gasteiger partial charge in [-0.3, -0.25) is 0 Å². The minimum atomic E-state index is -0.429. The highest BCUT2D eigenvalue weighted by atomic mass is 16.7. The summed E-state index contributed by atoms with van der Waals surface area (Å²) in [6.07, 6.45) is 3.78.